The van der Waals surface area contributed by atoms with Crippen molar-refractivity contribution in [3.8, 4) is 5.75 Å². The number of thiazole rings is 1. The molecule has 9 heteroatoms. The maximum absolute atomic E-state index is 12.4. The summed E-state index contributed by atoms with van der Waals surface area (Å²) in [6.07, 6.45) is 0.641. The van der Waals surface area contributed by atoms with Gasteiger partial charge < -0.3 is 14.8 Å². The molecule has 3 aromatic rings. The number of amides is 1. The predicted octanol–water partition coefficient (Wildman–Crippen LogP) is 3.99. The van der Waals surface area contributed by atoms with Crippen molar-refractivity contribution in [2.24, 2.45) is 0 Å². The molecular formula is C21H24N4O4S. The van der Waals surface area contributed by atoms with E-state index in [4.69, 9.17) is 9.47 Å². The Bertz CT molecular complexity index is 1010. The van der Waals surface area contributed by atoms with Crippen molar-refractivity contribution in [3.63, 3.8) is 0 Å². The second-order valence-corrected chi connectivity index (χ2v) is 8.02. The first-order valence-corrected chi connectivity index (χ1v) is 10.4. The Morgan fingerprint density at radius 3 is 2.53 bits per heavy atom. The molecule has 1 N–H and O–H groups in total. The number of hydrogen-bond donors (Lipinski definition) is 1. The quantitative estimate of drug-likeness (QED) is 0.545. The Labute approximate surface area is 178 Å². The number of aryl methyl sites for hydroxylation is 1. The molecule has 0 spiro atoms. The average Bonchev–Trinajstić information content (AvgIpc) is 3.35. The molecule has 8 nitrogen and oxygen atoms in total. The molecule has 2 aromatic heterocycles. The maximum atomic E-state index is 12.4. The third kappa shape index (κ3) is 5.44. The van der Waals surface area contributed by atoms with Crippen molar-refractivity contribution >= 4 is 29.0 Å². The predicted molar refractivity (Wildman–Crippen MR) is 114 cm³/mol. The van der Waals surface area contributed by atoms with Gasteiger partial charge in [0.25, 0.3) is 5.91 Å². The van der Waals surface area contributed by atoms with E-state index in [1.54, 1.807) is 52.5 Å². The van der Waals surface area contributed by atoms with E-state index in [9.17, 15) is 9.59 Å². The van der Waals surface area contributed by atoms with Crippen LogP contribution in [0.25, 0.3) is 0 Å². The highest BCUT2D eigenvalue weighted by atomic mass is 32.1. The largest absolute Gasteiger partial charge is 0.487 e. The molecule has 0 fully saturated rings. The Balaban J connectivity index is 1.53. The maximum Gasteiger partial charge on any atom is 0.338 e. The highest BCUT2D eigenvalue weighted by Crippen LogP contribution is 2.17. The van der Waals surface area contributed by atoms with Crippen LogP contribution in [0.15, 0.2) is 41.9 Å². The van der Waals surface area contributed by atoms with Crippen molar-refractivity contribution in [1.82, 2.24) is 14.8 Å². The van der Waals surface area contributed by atoms with Crippen LogP contribution in [0.3, 0.4) is 0 Å². The first-order valence-electron chi connectivity index (χ1n) is 9.52. The zero-order chi connectivity index (χ0) is 21.7. The van der Waals surface area contributed by atoms with Gasteiger partial charge in [-0.3, -0.25) is 4.79 Å². The summed E-state index contributed by atoms with van der Waals surface area (Å²) >= 11 is 1.57. The number of esters is 1. The van der Waals surface area contributed by atoms with Gasteiger partial charge in [0.15, 0.2) is 6.10 Å². The summed E-state index contributed by atoms with van der Waals surface area (Å²) in [5, 5.41) is 9.82. The second-order valence-electron chi connectivity index (χ2n) is 6.96. The summed E-state index contributed by atoms with van der Waals surface area (Å²) in [6, 6.07) is 8.35. The van der Waals surface area contributed by atoms with Gasteiger partial charge in [-0.05, 0) is 52.0 Å². The molecule has 2 heterocycles. The zero-order valence-corrected chi connectivity index (χ0v) is 18.1. The van der Waals surface area contributed by atoms with Crippen molar-refractivity contribution in [3.05, 3.63) is 58.2 Å². The van der Waals surface area contributed by atoms with Gasteiger partial charge in [-0.1, -0.05) is 0 Å². The zero-order valence-electron chi connectivity index (χ0n) is 17.3. The molecule has 1 atom stereocenters. The molecule has 1 aromatic carbocycles. The minimum atomic E-state index is -0.961. The van der Waals surface area contributed by atoms with Crippen LogP contribution in [0, 0.1) is 6.92 Å². The van der Waals surface area contributed by atoms with Crippen molar-refractivity contribution in [2.75, 3.05) is 5.32 Å². The lowest BCUT2D eigenvalue weighted by molar-refractivity contribution is -0.123. The SMILES string of the molecule is Cc1nc(COc2ccc(C(=O)OC(C)C(=O)Nc3ccnn3C(C)C)cc2)cs1. The lowest BCUT2D eigenvalue weighted by atomic mass is 10.2. The first kappa shape index (κ1) is 21.5. The Morgan fingerprint density at radius 1 is 1.17 bits per heavy atom. The van der Waals surface area contributed by atoms with Gasteiger partial charge in [0.1, 0.15) is 18.2 Å². The summed E-state index contributed by atoms with van der Waals surface area (Å²) in [6.45, 7) is 7.73. The van der Waals surface area contributed by atoms with E-state index < -0.39 is 18.0 Å². The Kier molecular flexibility index (Phi) is 6.83. The molecular weight excluding hydrogens is 404 g/mol. The van der Waals surface area contributed by atoms with Gasteiger partial charge in [-0.2, -0.15) is 5.10 Å². The van der Waals surface area contributed by atoms with Gasteiger partial charge >= 0.3 is 5.97 Å². The monoisotopic (exact) mass is 428 g/mol. The molecule has 0 aliphatic carbocycles. The van der Waals surface area contributed by atoms with Crippen LogP contribution in [-0.2, 0) is 16.1 Å². The van der Waals surface area contributed by atoms with Crippen LogP contribution < -0.4 is 10.1 Å². The number of aromatic nitrogens is 3. The van der Waals surface area contributed by atoms with Gasteiger partial charge in [-0.15, -0.1) is 11.3 Å². The minimum absolute atomic E-state index is 0.0911. The summed E-state index contributed by atoms with van der Waals surface area (Å²) < 4.78 is 12.6. The van der Waals surface area contributed by atoms with Crippen molar-refractivity contribution in [1.29, 1.82) is 0 Å². The molecule has 0 saturated carbocycles. The molecule has 1 amide bonds. The fourth-order valence-corrected chi connectivity index (χ4v) is 3.25. The van der Waals surface area contributed by atoms with E-state index in [0.717, 1.165) is 10.7 Å². The van der Waals surface area contributed by atoms with Crippen molar-refractivity contribution < 1.29 is 19.1 Å². The second kappa shape index (κ2) is 9.53. The molecule has 158 valence electrons. The van der Waals surface area contributed by atoms with Crippen LogP contribution in [0.5, 0.6) is 5.75 Å². The molecule has 0 aliphatic rings. The van der Waals surface area contributed by atoms with E-state index in [2.05, 4.69) is 15.4 Å². The molecule has 0 saturated heterocycles. The minimum Gasteiger partial charge on any atom is -0.487 e. The molecule has 1 unspecified atom stereocenters. The van der Waals surface area contributed by atoms with Gasteiger partial charge in [0.05, 0.1) is 22.5 Å². The molecule has 3 rings (SSSR count). The van der Waals surface area contributed by atoms with E-state index in [1.165, 1.54) is 6.92 Å². The number of ether oxygens (including phenoxy) is 2. The number of nitrogens with zero attached hydrogens (tertiary/aromatic N) is 3. The van der Waals surface area contributed by atoms with Gasteiger partial charge in [0.2, 0.25) is 0 Å². The Morgan fingerprint density at radius 2 is 1.90 bits per heavy atom. The van der Waals surface area contributed by atoms with Crippen molar-refractivity contribution in [2.45, 2.75) is 46.4 Å². The number of anilines is 1. The lowest BCUT2D eigenvalue weighted by Gasteiger charge is -2.16. The first-order chi connectivity index (χ1) is 14.3. The van der Waals surface area contributed by atoms with Gasteiger partial charge in [0, 0.05) is 17.5 Å². The standard InChI is InChI=1S/C21H24N4O4S/c1-13(2)25-19(9-10-22-25)24-20(26)14(3)29-21(27)16-5-7-18(8-6-16)28-11-17-12-30-15(4)23-17/h5-10,12-14H,11H2,1-4H3,(H,24,26). The molecule has 0 radical (unpaired) electrons. The number of rotatable bonds is 8. The summed E-state index contributed by atoms with van der Waals surface area (Å²) in [5.41, 5.74) is 1.19. The fourth-order valence-electron chi connectivity index (χ4n) is 2.65. The van der Waals surface area contributed by atoms with Crippen LogP contribution in [-0.4, -0.2) is 32.7 Å². The average molecular weight is 429 g/mol. The topological polar surface area (TPSA) is 95.3 Å². The third-order valence-electron chi connectivity index (χ3n) is 4.21. The molecule has 0 bridgehead atoms. The summed E-state index contributed by atoms with van der Waals surface area (Å²) in [5.74, 6) is 0.153. The summed E-state index contributed by atoms with van der Waals surface area (Å²) in [4.78, 5) is 29.1. The number of benzene rings is 1. The van der Waals surface area contributed by atoms with E-state index in [1.807, 2.05) is 26.2 Å². The summed E-state index contributed by atoms with van der Waals surface area (Å²) in [7, 11) is 0. The third-order valence-corrected chi connectivity index (χ3v) is 5.03. The number of carbonyl (C=O) groups is 2. The van der Waals surface area contributed by atoms with Crippen LogP contribution in [0.4, 0.5) is 5.82 Å². The van der Waals surface area contributed by atoms with Gasteiger partial charge in [-0.25, -0.2) is 14.5 Å². The van der Waals surface area contributed by atoms with Crippen LogP contribution in [0.1, 0.15) is 47.9 Å². The molecule has 30 heavy (non-hydrogen) atoms. The fraction of sp³-hybridized carbons (Fsp3) is 0.333. The number of nitrogens with one attached hydrogen (secondary N) is 1. The van der Waals surface area contributed by atoms with E-state index >= 15 is 0 Å². The number of carbonyl (C=O) groups excluding carboxylic acids is 2. The Hall–Kier alpha value is -3.20. The van der Waals surface area contributed by atoms with E-state index in [-0.39, 0.29) is 6.04 Å². The number of hydrogen-bond acceptors (Lipinski definition) is 7. The highest BCUT2D eigenvalue weighted by molar-refractivity contribution is 7.09. The van der Waals surface area contributed by atoms with Crippen LogP contribution >= 0.6 is 11.3 Å². The normalized spacial score (nSPS) is 11.9. The van der Waals surface area contributed by atoms with E-state index in [0.29, 0.717) is 23.7 Å². The molecule has 0 aliphatic heterocycles. The smallest absolute Gasteiger partial charge is 0.338 e. The lowest BCUT2D eigenvalue weighted by Crippen LogP contribution is -2.31. The highest BCUT2D eigenvalue weighted by Gasteiger charge is 2.20. The van der Waals surface area contributed by atoms with Crippen LogP contribution in [0.2, 0.25) is 0 Å².